The number of rotatable bonds is 4. The number of nitriles is 1. The Labute approximate surface area is 104 Å². The molecule has 0 heterocycles. The fourth-order valence-electron chi connectivity index (χ4n) is 1.10. The van der Waals surface area contributed by atoms with Crippen LogP contribution in [0, 0.1) is 11.3 Å². The molecule has 0 unspecified atom stereocenters. The second kappa shape index (κ2) is 6.21. The topological polar surface area (TPSA) is 93.2 Å². The van der Waals surface area contributed by atoms with Crippen LogP contribution in [-0.4, -0.2) is 18.0 Å². The number of esters is 1. The van der Waals surface area contributed by atoms with Crippen molar-refractivity contribution < 1.29 is 14.3 Å². The predicted molar refractivity (Wildman–Crippen MR) is 64.9 cm³/mol. The van der Waals surface area contributed by atoms with Crippen LogP contribution in [-0.2, 0) is 14.3 Å². The smallest absolute Gasteiger partial charge is 0.331 e. The minimum absolute atomic E-state index is 0.539. The molecule has 0 bridgehead atoms. The number of nitrogens with two attached hydrogens (primary N) is 1. The summed E-state index contributed by atoms with van der Waals surface area (Å²) in [5.41, 5.74) is 6.24. The van der Waals surface area contributed by atoms with Gasteiger partial charge in [-0.3, -0.25) is 4.79 Å². The molecule has 0 saturated carbocycles. The number of hydrogen-bond acceptors (Lipinski definition) is 4. The number of amides is 1. The first-order chi connectivity index (χ1) is 8.52. The largest absolute Gasteiger partial charge is 0.449 e. The molecule has 0 fully saturated rings. The molecule has 0 aromatic heterocycles. The third-order valence-corrected chi connectivity index (χ3v) is 2.15. The Morgan fingerprint density at radius 3 is 2.50 bits per heavy atom. The van der Waals surface area contributed by atoms with Gasteiger partial charge in [0.25, 0.3) is 5.91 Å². The monoisotopic (exact) mass is 244 g/mol. The Morgan fingerprint density at radius 2 is 2.00 bits per heavy atom. The van der Waals surface area contributed by atoms with Crippen LogP contribution in [0.2, 0.25) is 0 Å². The summed E-state index contributed by atoms with van der Waals surface area (Å²) in [4.78, 5) is 22.0. The average Bonchev–Trinajstić information content (AvgIpc) is 2.36. The van der Waals surface area contributed by atoms with Gasteiger partial charge >= 0.3 is 5.97 Å². The van der Waals surface area contributed by atoms with E-state index in [4.69, 9.17) is 15.7 Å². The van der Waals surface area contributed by atoms with Crippen molar-refractivity contribution in [3.05, 3.63) is 41.5 Å². The van der Waals surface area contributed by atoms with Gasteiger partial charge in [-0.25, -0.2) is 4.79 Å². The van der Waals surface area contributed by atoms with Crippen LogP contribution >= 0.6 is 0 Å². The van der Waals surface area contributed by atoms with Crippen molar-refractivity contribution in [3.63, 3.8) is 0 Å². The first kappa shape index (κ1) is 13.5. The van der Waals surface area contributed by atoms with Crippen LogP contribution in [0.3, 0.4) is 0 Å². The Bertz CT molecular complexity index is 512. The van der Waals surface area contributed by atoms with Gasteiger partial charge in [0.1, 0.15) is 0 Å². The molecule has 1 aromatic rings. The van der Waals surface area contributed by atoms with Gasteiger partial charge in [0, 0.05) is 6.08 Å². The van der Waals surface area contributed by atoms with E-state index < -0.39 is 18.0 Å². The second-order valence-corrected chi connectivity index (χ2v) is 3.55. The molecule has 1 atom stereocenters. The fraction of sp³-hybridized carbons (Fsp3) is 0.154. The van der Waals surface area contributed by atoms with Crippen molar-refractivity contribution in [1.82, 2.24) is 0 Å². The van der Waals surface area contributed by atoms with Crippen molar-refractivity contribution >= 4 is 18.0 Å². The molecule has 1 aromatic carbocycles. The Balaban J connectivity index is 2.61. The maximum atomic E-state index is 11.3. The summed E-state index contributed by atoms with van der Waals surface area (Å²) in [7, 11) is 0. The highest BCUT2D eigenvalue weighted by Crippen LogP contribution is 2.05. The van der Waals surface area contributed by atoms with E-state index in [0.29, 0.717) is 5.56 Å². The van der Waals surface area contributed by atoms with Gasteiger partial charge < -0.3 is 10.5 Å². The molecular weight excluding hydrogens is 232 g/mol. The number of hydrogen-bond donors (Lipinski definition) is 1. The van der Waals surface area contributed by atoms with Crippen molar-refractivity contribution in [1.29, 1.82) is 5.26 Å². The number of ether oxygens (including phenoxy) is 1. The quantitative estimate of drug-likeness (QED) is 0.631. The summed E-state index contributed by atoms with van der Waals surface area (Å²) in [5.74, 6) is -1.35. The molecule has 1 amide bonds. The number of carbonyl (C=O) groups excluding carboxylic acids is 2. The van der Waals surface area contributed by atoms with Gasteiger partial charge in [0.2, 0.25) is 0 Å². The van der Waals surface area contributed by atoms with E-state index >= 15 is 0 Å². The molecule has 0 saturated heterocycles. The molecule has 5 nitrogen and oxygen atoms in total. The summed E-state index contributed by atoms with van der Waals surface area (Å²) in [6.45, 7) is 1.40. The molecule has 0 aliphatic rings. The maximum Gasteiger partial charge on any atom is 0.331 e. The second-order valence-electron chi connectivity index (χ2n) is 3.55. The molecular formula is C13H12N2O3. The lowest BCUT2D eigenvalue weighted by Crippen LogP contribution is -2.29. The summed E-state index contributed by atoms with van der Waals surface area (Å²) >= 11 is 0. The van der Waals surface area contributed by atoms with Crippen molar-refractivity contribution in [2.24, 2.45) is 5.73 Å². The number of carbonyl (C=O) groups is 2. The van der Waals surface area contributed by atoms with Crippen molar-refractivity contribution in [3.8, 4) is 6.07 Å². The highest BCUT2D eigenvalue weighted by atomic mass is 16.5. The number of benzene rings is 1. The standard InChI is InChI=1S/C13H12N2O3/c1-9(13(15)17)18-12(16)7-6-10-2-4-11(8-14)5-3-10/h2-7,9H,1H3,(H2,15,17)/b7-6+/t9-/m0/s1. The fourth-order valence-corrected chi connectivity index (χ4v) is 1.10. The lowest BCUT2D eigenvalue weighted by Gasteiger charge is -2.06. The summed E-state index contributed by atoms with van der Waals surface area (Å²) in [5, 5.41) is 8.61. The van der Waals surface area contributed by atoms with Gasteiger partial charge in [-0.15, -0.1) is 0 Å². The van der Waals surface area contributed by atoms with E-state index in [1.807, 2.05) is 6.07 Å². The molecule has 0 aliphatic heterocycles. The van der Waals surface area contributed by atoms with Gasteiger partial charge in [0.05, 0.1) is 11.6 Å². The Hall–Kier alpha value is -2.61. The van der Waals surface area contributed by atoms with E-state index in [1.54, 1.807) is 24.3 Å². The number of nitrogens with zero attached hydrogens (tertiary/aromatic N) is 1. The van der Waals surface area contributed by atoms with Crippen molar-refractivity contribution in [2.45, 2.75) is 13.0 Å². The van der Waals surface area contributed by atoms with E-state index in [1.165, 1.54) is 19.1 Å². The first-order valence-corrected chi connectivity index (χ1v) is 5.21. The van der Waals surface area contributed by atoms with E-state index in [-0.39, 0.29) is 0 Å². The molecule has 18 heavy (non-hydrogen) atoms. The van der Waals surface area contributed by atoms with E-state index in [2.05, 4.69) is 0 Å². The third kappa shape index (κ3) is 4.10. The lowest BCUT2D eigenvalue weighted by molar-refractivity contribution is -0.148. The molecule has 0 spiro atoms. The molecule has 92 valence electrons. The van der Waals surface area contributed by atoms with Crippen LogP contribution in [0.1, 0.15) is 18.1 Å². The van der Waals surface area contributed by atoms with Crippen LogP contribution in [0.4, 0.5) is 0 Å². The minimum atomic E-state index is -0.955. The molecule has 0 aliphatic carbocycles. The van der Waals surface area contributed by atoms with Gasteiger partial charge in [0.15, 0.2) is 6.10 Å². The maximum absolute atomic E-state index is 11.3. The highest BCUT2D eigenvalue weighted by molar-refractivity contribution is 5.89. The zero-order chi connectivity index (χ0) is 13.5. The molecule has 0 radical (unpaired) electrons. The number of primary amides is 1. The van der Waals surface area contributed by atoms with Crippen LogP contribution in [0.5, 0.6) is 0 Å². The lowest BCUT2D eigenvalue weighted by atomic mass is 10.1. The minimum Gasteiger partial charge on any atom is -0.449 e. The molecule has 5 heteroatoms. The van der Waals surface area contributed by atoms with Gasteiger partial charge in [-0.2, -0.15) is 5.26 Å². The van der Waals surface area contributed by atoms with Gasteiger partial charge in [-0.05, 0) is 30.7 Å². The van der Waals surface area contributed by atoms with Crippen LogP contribution < -0.4 is 5.73 Å². The summed E-state index contributed by atoms with van der Waals surface area (Å²) < 4.78 is 4.73. The molecule has 1 rings (SSSR count). The normalized spacial score (nSPS) is 11.8. The van der Waals surface area contributed by atoms with Crippen LogP contribution in [0.15, 0.2) is 30.3 Å². The zero-order valence-corrected chi connectivity index (χ0v) is 9.79. The Kier molecular flexibility index (Phi) is 4.64. The zero-order valence-electron chi connectivity index (χ0n) is 9.79. The Morgan fingerprint density at radius 1 is 1.39 bits per heavy atom. The van der Waals surface area contributed by atoms with Crippen LogP contribution in [0.25, 0.3) is 6.08 Å². The van der Waals surface area contributed by atoms with E-state index in [9.17, 15) is 9.59 Å². The average molecular weight is 244 g/mol. The first-order valence-electron chi connectivity index (χ1n) is 5.21. The van der Waals surface area contributed by atoms with Crippen molar-refractivity contribution in [2.75, 3.05) is 0 Å². The van der Waals surface area contributed by atoms with Gasteiger partial charge in [-0.1, -0.05) is 12.1 Å². The summed E-state index contributed by atoms with van der Waals surface area (Å²) in [6.07, 6.45) is 1.76. The third-order valence-electron chi connectivity index (χ3n) is 2.15. The highest BCUT2D eigenvalue weighted by Gasteiger charge is 2.11. The SMILES string of the molecule is C[C@H](OC(=O)/C=C/c1ccc(C#N)cc1)C(N)=O. The molecule has 2 N–H and O–H groups in total. The summed E-state index contributed by atoms with van der Waals surface area (Å²) in [6, 6.07) is 8.65. The predicted octanol–water partition coefficient (Wildman–Crippen LogP) is 0.988. The van der Waals surface area contributed by atoms with E-state index in [0.717, 1.165) is 5.56 Å².